The summed E-state index contributed by atoms with van der Waals surface area (Å²) in [7, 11) is 1.61. The Hall–Kier alpha value is -2.90. The van der Waals surface area contributed by atoms with Gasteiger partial charge in [-0.1, -0.05) is 0 Å². The lowest BCUT2D eigenvalue weighted by atomic mass is 10.2. The molecule has 156 valence electrons. The number of carbonyl (C=O) groups is 1. The fourth-order valence-electron chi connectivity index (χ4n) is 4.33. The first-order chi connectivity index (χ1) is 14.7. The molecule has 1 fully saturated rings. The van der Waals surface area contributed by atoms with Crippen LogP contribution in [-0.4, -0.2) is 53.3 Å². The number of benzene rings is 2. The topological polar surface area (TPSA) is 68.6 Å². The molecule has 0 bridgehead atoms. The third kappa shape index (κ3) is 3.78. The van der Waals surface area contributed by atoms with Crippen molar-refractivity contribution in [3.8, 4) is 5.75 Å². The Bertz CT molecular complexity index is 1050. The molecule has 1 saturated heterocycles. The van der Waals surface area contributed by atoms with E-state index in [2.05, 4.69) is 14.8 Å². The highest BCUT2D eigenvalue weighted by atomic mass is 16.5. The zero-order chi connectivity index (χ0) is 20.5. The second-order valence-electron chi connectivity index (χ2n) is 7.94. The van der Waals surface area contributed by atoms with Gasteiger partial charge in [-0.15, -0.1) is 0 Å². The molecule has 0 radical (unpaired) electrons. The van der Waals surface area contributed by atoms with Crippen molar-refractivity contribution >= 4 is 22.6 Å². The minimum Gasteiger partial charge on any atom is -0.497 e. The van der Waals surface area contributed by atoms with Gasteiger partial charge in [0.1, 0.15) is 11.6 Å². The molecule has 1 amide bonds. The van der Waals surface area contributed by atoms with Gasteiger partial charge in [0, 0.05) is 37.5 Å². The van der Waals surface area contributed by atoms with E-state index in [-0.39, 0.29) is 5.91 Å². The second-order valence-corrected chi connectivity index (χ2v) is 7.94. The van der Waals surface area contributed by atoms with Crippen molar-refractivity contribution in [2.75, 3.05) is 32.1 Å². The molecule has 2 aliphatic heterocycles. The highest BCUT2D eigenvalue weighted by Gasteiger charge is 2.24. The van der Waals surface area contributed by atoms with Crippen LogP contribution in [-0.2, 0) is 17.8 Å². The average Bonchev–Trinajstić information content (AvgIpc) is 3.40. The molecule has 1 N–H and O–H groups in total. The van der Waals surface area contributed by atoms with Gasteiger partial charge < -0.3 is 19.4 Å². The van der Waals surface area contributed by atoms with Crippen LogP contribution in [0.4, 0.5) is 5.69 Å². The number of anilines is 1. The molecule has 3 heterocycles. The van der Waals surface area contributed by atoms with Gasteiger partial charge in [-0.05, 0) is 55.3 Å². The van der Waals surface area contributed by atoms with Crippen molar-refractivity contribution in [1.29, 1.82) is 0 Å². The molecular formula is C23H26N4O3. The van der Waals surface area contributed by atoms with Crippen molar-refractivity contribution in [2.24, 2.45) is 0 Å². The predicted octanol–water partition coefficient (Wildman–Crippen LogP) is 3.29. The van der Waals surface area contributed by atoms with E-state index in [9.17, 15) is 4.79 Å². The summed E-state index contributed by atoms with van der Waals surface area (Å²) in [6.07, 6.45) is 2.69. The van der Waals surface area contributed by atoms with Gasteiger partial charge in [0.05, 0.1) is 30.8 Å². The zero-order valence-corrected chi connectivity index (χ0v) is 17.1. The first-order valence-corrected chi connectivity index (χ1v) is 10.5. The summed E-state index contributed by atoms with van der Waals surface area (Å²) in [6.45, 7) is 4.64. The smallest absolute Gasteiger partial charge is 0.255 e. The van der Waals surface area contributed by atoms with Crippen LogP contribution in [0.5, 0.6) is 5.75 Å². The number of aromatic nitrogens is 2. The molecule has 1 atom stereocenters. The first kappa shape index (κ1) is 19.1. The van der Waals surface area contributed by atoms with E-state index in [1.54, 1.807) is 31.4 Å². The number of rotatable bonds is 5. The van der Waals surface area contributed by atoms with Crippen molar-refractivity contribution in [2.45, 2.75) is 32.0 Å². The van der Waals surface area contributed by atoms with Crippen LogP contribution in [0.3, 0.4) is 0 Å². The molecule has 0 aliphatic carbocycles. The van der Waals surface area contributed by atoms with Crippen molar-refractivity contribution in [3.05, 3.63) is 53.9 Å². The number of carbonyl (C=O) groups excluding carboxylic acids is 1. The minimum atomic E-state index is -0.149. The number of hydrogen-bond acceptors (Lipinski definition) is 5. The quantitative estimate of drug-likeness (QED) is 0.704. The molecule has 30 heavy (non-hydrogen) atoms. The van der Waals surface area contributed by atoms with Crippen molar-refractivity contribution in [1.82, 2.24) is 14.5 Å². The molecule has 0 spiro atoms. The van der Waals surface area contributed by atoms with Gasteiger partial charge in [-0.25, -0.2) is 4.98 Å². The van der Waals surface area contributed by atoms with Gasteiger partial charge in [0.15, 0.2) is 0 Å². The standard InChI is InChI=1S/C23H26N4O3/c1-29-18-7-4-16(5-8-18)23(28)24-17-6-9-21-20(13-17)25-22-15-26(10-11-27(21)22)14-19-3-2-12-30-19/h4-9,13,19H,2-3,10-12,14-15H2,1H3,(H,24,28). The highest BCUT2D eigenvalue weighted by Crippen LogP contribution is 2.25. The monoisotopic (exact) mass is 406 g/mol. The minimum absolute atomic E-state index is 0.149. The van der Waals surface area contributed by atoms with E-state index >= 15 is 0 Å². The molecule has 5 rings (SSSR count). The normalized spacial score (nSPS) is 19.0. The molecule has 7 nitrogen and oxygen atoms in total. The van der Waals surface area contributed by atoms with Gasteiger partial charge in [0.2, 0.25) is 0 Å². The van der Waals surface area contributed by atoms with Gasteiger partial charge in [0.25, 0.3) is 5.91 Å². The SMILES string of the molecule is COc1ccc(C(=O)Nc2ccc3c(c2)nc2n3CCN(CC3CCCO3)C2)cc1. The van der Waals surface area contributed by atoms with E-state index in [4.69, 9.17) is 14.5 Å². The maximum absolute atomic E-state index is 12.6. The largest absolute Gasteiger partial charge is 0.497 e. The summed E-state index contributed by atoms with van der Waals surface area (Å²) >= 11 is 0. The predicted molar refractivity (Wildman–Crippen MR) is 115 cm³/mol. The Balaban J connectivity index is 1.31. The summed E-state index contributed by atoms with van der Waals surface area (Å²) in [4.78, 5) is 19.8. The van der Waals surface area contributed by atoms with Crippen LogP contribution in [0.25, 0.3) is 11.0 Å². The number of amides is 1. The third-order valence-electron chi connectivity index (χ3n) is 5.93. The van der Waals surface area contributed by atoms with E-state index in [1.165, 1.54) is 6.42 Å². The van der Waals surface area contributed by atoms with E-state index in [0.29, 0.717) is 11.7 Å². The Morgan fingerprint density at radius 3 is 2.87 bits per heavy atom. The van der Waals surface area contributed by atoms with Crippen LogP contribution in [0.15, 0.2) is 42.5 Å². The summed E-state index contributed by atoms with van der Waals surface area (Å²) in [6, 6.07) is 13.0. The molecule has 2 aliphatic rings. The summed E-state index contributed by atoms with van der Waals surface area (Å²) < 4.78 is 13.2. The van der Waals surface area contributed by atoms with Gasteiger partial charge in [-0.3, -0.25) is 9.69 Å². The molecule has 7 heteroatoms. The molecule has 1 aromatic heterocycles. The van der Waals surface area contributed by atoms with Crippen LogP contribution < -0.4 is 10.1 Å². The zero-order valence-electron chi connectivity index (χ0n) is 17.1. The van der Waals surface area contributed by atoms with Gasteiger partial charge in [-0.2, -0.15) is 0 Å². The molecule has 1 unspecified atom stereocenters. The van der Waals surface area contributed by atoms with E-state index in [1.807, 2.05) is 18.2 Å². The molecule has 2 aromatic carbocycles. The van der Waals surface area contributed by atoms with Crippen molar-refractivity contribution < 1.29 is 14.3 Å². The number of ether oxygens (including phenoxy) is 2. The molecular weight excluding hydrogens is 380 g/mol. The lowest BCUT2D eigenvalue weighted by Gasteiger charge is -2.29. The summed E-state index contributed by atoms with van der Waals surface area (Å²) in [5.74, 6) is 1.65. The van der Waals surface area contributed by atoms with Crippen LogP contribution in [0.2, 0.25) is 0 Å². The Kier molecular flexibility index (Phi) is 5.14. The lowest BCUT2D eigenvalue weighted by molar-refractivity contribution is 0.0636. The maximum atomic E-state index is 12.6. The maximum Gasteiger partial charge on any atom is 0.255 e. The third-order valence-corrected chi connectivity index (χ3v) is 5.93. The number of methoxy groups -OCH3 is 1. The average molecular weight is 406 g/mol. The summed E-state index contributed by atoms with van der Waals surface area (Å²) in [5, 5.41) is 2.97. The van der Waals surface area contributed by atoms with E-state index < -0.39 is 0 Å². The van der Waals surface area contributed by atoms with E-state index in [0.717, 1.165) is 67.5 Å². The molecule has 3 aromatic rings. The van der Waals surface area contributed by atoms with Crippen molar-refractivity contribution in [3.63, 3.8) is 0 Å². The van der Waals surface area contributed by atoms with Crippen LogP contribution in [0.1, 0.15) is 29.0 Å². The highest BCUT2D eigenvalue weighted by molar-refractivity contribution is 6.05. The number of imidazole rings is 1. The second kappa shape index (κ2) is 8.08. The fourth-order valence-corrected chi connectivity index (χ4v) is 4.33. The number of fused-ring (bicyclic) bond motifs is 3. The molecule has 0 saturated carbocycles. The lowest BCUT2D eigenvalue weighted by Crippen LogP contribution is -2.38. The number of hydrogen-bond donors (Lipinski definition) is 1. The van der Waals surface area contributed by atoms with Gasteiger partial charge >= 0.3 is 0 Å². The first-order valence-electron chi connectivity index (χ1n) is 10.5. The van der Waals surface area contributed by atoms with Crippen LogP contribution in [0, 0.1) is 0 Å². The fraction of sp³-hybridized carbons (Fsp3) is 0.391. The Morgan fingerprint density at radius 1 is 1.23 bits per heavy atom. The Morgan fingerprint density at radius 2 is 2.10 bits per heavy atom. The van der Waals surface area contributed by atoms with Crippen LogP contribution >= 0.6 is 0 Å². The number of nitrogens with zero attached hydrogens (tertiary/aromatic N) is 3. The summed E-state index contributed by atoms with van der Waals surface area (Å²) in [5.41, 5.74) is 3.36. The number of nitrogens with one attached hydrogen (secondary N) is 1. The Labute approximate surface area is 175 Å².